The average molecular weight is 280 g/mol. The molecule has 3 heterocycles. The van der Waals surface area contributed by atoms with Gasteiger partial charge in [-0.1, -0.05) is 6.92 Å². The molecule has 0 amide bonds. The molecule has 8 nitrogen and oxygen atoms in total. The molecule has 2 aliphatic rings. The van der Waals surface area contributed by atoms with Crippen LogP contribution in [0.2, 0.25) is 0 Å². The van der Waals surface area contributed by atoms with Gasteiger partial charge in [0.15, 0.2) is 0 Å². The molecule has 20 heavy (non-hydrogen) atoms. The first kappa shape index (κ1) is 13.3. The van der Waals surface area contributed by atoms with Crippen molar-refractivity contribution in [3.63, 3.8) is 0 Å². The van der Waals surface area contributed by atoms with E-state index in [1.54, 1.807) is 0 Å². The molecule has 2 fully saturated rings. The molecule has 0 atom stereocenters. The molecule has 0 unspecified atom stereocenters. The summed E-state index contributed by atoms with van der Waals surface area (Å²) in [6.07, 6.45) is 0.573. The number of anilines is 3. The molecule has 0 aromatic carbocycles. The number of hydrogen-bond acceptors (Lipinski definition) is 8. The Morgan fingerprint density at radius 3 is 1.85 bits per heavy atom. The minimum Gasteiger partial charge on any atom is -0.394 e. The van der Waals surface area contributed by atoms with Crippen molar-refractivity contribution in [2.75, 3.05) is 54.5 Å². The molecule has 3 N–H and O–H groups in total. The average Bonchev–Trinajstić information content (AvgIpc) is 3.35. The number of aromatic nitrogens is 3. The standard InChI is InChI=1S/C12H20N6O2/c1-2-12(7-19,8-20)16-9-13-10(17-3-4-17)15-11(14-9)18-5-6-18/h19-20H,2-8H2,1H3,(H,13,14,15,16). The molecule has 2 aliphatic heterocycles. The van der Waals surface area contributed by atoms with Crippen LogP contribution in [0.5, 0.6) is 0 Å². The van der Waals surface area contributed by atoms with Crippen LogP contribution in [0.3, 0.4) is 0 Å². The van der Waals surface area contributed by atoms with Crippen molar-refractivity contribution in [3.8, 4) is 0 Å². The van der Waals surface area contributed by atoms with Crippen LogP contribution in [-0.4, -0.2) is 70.1 Å². The zero-order chi connectivity index (χ0) is 14.2. The number of nitrogens with zero attached hydrogens (tertiary/aromatic N) is 5. The van der Waals surface area contributed by atoms with E-state index in [1.807, 2.05) is 16.7 Å². The van der Waals surface area contributed by atoms with Gasteiger partial charge in [-0.3, -0.25) is 0 Å². The highest BCUT2D eigenvalue weighted by atomic mass is 16.3. The van der Waals surface area contributed by atoms with Crippen LogP contribution in [0.15, 0.2) is 0 Å². The van der Waals surface area contributed by atoms with E-state index in [0.29, 0.717) is 24.3 Å². The molecule has 1 aromatic heterocycles. The molecule has 3 rings (SSSR count). The first-order valence-corrected chi connectivity index (χ1v) is 6.95. The van der Waals surface area contributed by atoms with Crippen LogP contribution in [0, 0.1) is 0 Å². The monoisotopic (exact) mass is 280 g/mol. The van der Waals surface area contributed by atoms with Gasteiger partial charge in [0, 0.05) is 26.2 Å². The van der Waals surface area contributed by atoms with Gasteiger partial charge in [0.05, 0.1) is 18.8 Å². The van der Waals surface area contributed by atoms with Crippen molar-refractivity contribution in [2.45, 2.75) is 18.9 Å². The second-order valence-corrected chi connectivity index (χ2v) is 5.31. The van der Waals surface area contributed by atoms with Crippen LogP contribution >= 0.6 is 0 Å². The van der Waals surface area contributed by atoms with Crippen molar-refractivity contribution in [2.24, 2.45) is 0 Å². The maximum atomic E-state index is 9.50. The summed E-state index contributed by atoms with van der Waals surface area (Å²) in [6, 6.07) is 0. The number of aliphatic hydroxyl groups is 2. The molecular formula is C12H20N6O2. The Balaban J connectivity index is 1.87. The fourth-order valence-corrected chi connectivity index (χ4v) is 1.87. The fourth-order valence-electron chi connectivity index (χ4n) is 1.87. The molecule has 110 valence electrons. The van der Waals surface area contributed by atoms with Gasteiger partial charge in [-0.15, -0.1) is 0 Å². The largest absolute Gasteiger partial charge is 0.394 e. The van der Waals surface area contributed by atoms with Crippen LogP contribution < -0.4 is 15.1 Å². The maximum Gasteiger partial charge on any atom is 0.232 e. The summed E-state index contributed by atoms with van der Waals surface area (Å²) >= 11 is 0. The summed E-state index contributed by atoms with van der Waals surface area (Å²) in [5, 5.41) is 22.1. The van der Waals surface area contributed by atoms with Crippen LogP contribution in [0.1, 0.15) is 13.3 Å². The van der Waals surface area contributed by atoms with E-state index in [1.165, 1.54) is 0 Å². The third kappa shape index (κ3) is 2.61. The van der Waals surface area contributed by atoms with E-state index in [2.05, 4.69) is 20.3 Å². The molecular weight excluding hydrogens is 260 g/mol. The molecule has 0 radical (unpaired) electrons. The summed E-state index contributed by atoms with van der Waals surface area (Å²) in [5.74, 6) is 1.73. The van der Waals surface area contributed by atoms with E-state index < -0.39 is 5.54 Å². The van der Waals surface area contributed by atoms with Gasteiger partial charge in [-0.25, -0.2) is 0 Å². The van der Waals surface area contributed by atoms with Gasteiger partial charge in [-0.2, -0.15) is 15.0 Å². The Kier molecular flexibility index (Phi) is 3.35. The Bertz CT molecular complexity index is 446. The Hall–Kier alpha value is -1.67. The topological polar surface area (TPSA) is 97.2 Å². The van der Waals surface area contributed by atoms with Crippen LogP contribution in [0.25, 0.3) is 0 Å². The summed E-state index contributed by atoms with van der Waals surface area (Å²) in [6.45, 7) is 5.39. The fraction of sp³-hybridized carbons (Fsp3) is 0.750. The van der Waals surface area contributed by atoms with Gasteiger partial charge in [-0.05, 0) is 6.42 Å². The van der Waals surface area contributed by atoms with Crippen molar-refractivity contribution in [1.29, 1.82) is 0 Å². The number of hydrogen-bond donors (Lipinski definition) is 3. The predicted octanol–water partition coefficient (Wildman–Crippen LogP) is -0.943. The van der Waals surface area contributed by atoms with Crippen molar-refractivity contribution in [1.82, 2.24) is 15.0 Å². The summed E-state index contributed by atoms with van der Waals surface area (Å²) in [4.78, 5) is 17.3. The number of rotatable bonds is 7. The lowest BCUT2D eigenvalue weighted by Crippen LogP contribution is -2.45. The molecule has 1 aromatic rings. The Labute approximate surface area is 117 Å². The predicted molar refractivity (Wildman–Crippen MR) is 75.1 cm³/mol. The second kappa shape index (κ2) is 5.02. The highest BCUT2D eigenvalue weighted by Gasteiger charge is 2.31. The van der Waals surface area contributed by atoms with E-state index in [4.69, 9.17) is 0 Å². The molecule has 0 bridgehead atoms. The number of aliphatic hydroxyl groups excluding tert-OH is 2. The van der Waals surface area contributed by atoms with E-state index in [0.717, 1.165) is 26.2 Å². The van der Waals surface area contributed by atoms with Crippen LogP contribution in [0.4, 0.5) is 17.8 Å². The van der Waals surface area contributed by atoms with E-state index in [9.17, 15) is 10.2 Å². The minimum atomic E-state index is -0.798. The van der Waals surface area contributed by atoms with Crippen molar-refractivity contribution < 1.29 is 10.2 Å². The van der Waals surface area contributed by atoms with Gasteiger partial charge in [0.1, 0.15) is 0 Å². The SMILES string of the molecule is CCC(CO)(CO)Nc1nc(N2CC2)nc(N2CC2)n1. The van der Waals surface area contributed by atoms with Gasteiger partial charge < -0.3 is 25.3 Å². The molecule has 8 heteroatoms. The van der Waals surface area contributed by atoms with Crippen LogP contribution in [-0.2, 0) is 0 Å². The zero-order valence-corrected chi connectivity index (χ0v) is 11.6. The third-order valence-electron chi connectivity index (χ3n) is 3.73. The minimum absolute atomic E-state index is 0.177. The first-order chi connectivity index (χ1) is 9.69. The highest BCUT2D eigenvalue weighted by molar-refractivity contribution is 5.51. The Morgan fingerprint density at radius 1 is 1.00 bits per heavy atom. The van der Waals surface area contributed by atoms with Crippen molar-refractivity contribution in [3.05, 3.63) is 0 Å². The second-order valence-electron chi connectivity index (χ2n) is 5.31. The van der Waals surface area contributed by atoms with E-state index in [-0.39, 0.29) is 13.2 Å². The van der Waals surface area contributed by atoms with Crippen molar-refractivity contribution >= 4 is 17.8 Å². The lowest BCUT2D eigenvalue weighted by Gasteiger charge is -2.29. The Morgan fingerprint density at radius 2 is 1.50 bits per heavy atom. The first-order valence-electron chi connectivity index (χ1n) is 6.95. The summed E-state index contributed by atoms with van der Waals surface area (Å²) in [7, 11) is 0. The summed E-state index contributed by atoms with van der Waals surface area (Å²) in [5.41, 5.74) is -0.798. The normalized spacial score (nSPS) is 17.4. The maximum absolute atomic E-state index is 9.50. The molecule has 0 spiro atoms. The highest BCUT2D eigenvalue weighted by Crippen LogP contribution is 2.25. The summed E-state index contributed by atoms with van der Waals surface area (Å²) < 4.78 is 0. The smallest absolute Gasteiger partial charge is 0.232 e. The third-order valence-corrected chi connectivity index (χ3v) is 3.73. The quantitative estimate of drug-likeness (QED) is 0.550. The zero-order valence-electron chi connectivity index (χ0n) is 11.6. The molecule has 0 aliphatic carbocycles. The number of nitrogens with one attached hydrogen (secondary N) is 1. The van der Waals surface area contributed by atoms with E-state index >= 15 is 0 Å². The lowest BCUT2D eigenvalue weighted by atomic mass is 9.99. The van der Waals surface area contributed by atoms with Gasteiger partial charge in [0.2, 0.25) is 17.8 Å². The molecule has 2 saturated heterocycles. The lowest BCUT2D eigenvalue weighted by molar-refractivity contribution is 0.132. The molecule has 0 saturated carbocycles. The van der Waals surface area contributed by atoms with Gasteiger partial charge >= 0.3 is 0 Å². The van der Waals surface area contributed by atoms with Gasteiger partial charge in [0.25, 0.3) is 0 Å².